The third-order valence-corrected chi connectivity index (χ3v) is 8.41. The second kappa shape index (κ2) is 8.41. The Morgan fingerprint density at radius 3 is 1.93 bits per heavy atom. The maximum absolute atomic E-state index is 12.9. The van der Waals surface area contributed by atoms with Gasteiger partial charge in [-0.15, -0.1) is 0 Å². The summed E-state index contributed by atoms with van der Waals surface area (Å²) in [6.45, 7) is 2.49. The normalized spacial score (nSPS) is 11.2. The van der Waals surface area contributed by atoms with Crippen LogP contribution in [0.1, 0.15) is 29.8 Å². The van der Waals surface area contributed by atoms with Gasteiger partial charge in [-0.25, -0.2) is 0 Å². The number of carbonyl (C=O) groups excluding carboxylic acids is 1. The van der Waals surface area contributed by atoms with Gasteiger partial charge in [-0.05, 0) is 53.8 Å². The minimum absolute atomic E-state index is 0.0324. The molecule has 0 unspecified atom stereocenters. The Balaban J connectivity index is 2.34. The lowest BCUT2D eigenvalue weighted by Gasteiger charge is -2.29. The van der Waals surface area contributed by atoms with Gasteiger partial charge in [0.05, 0.1) is 0 Å². The Labute approximate surface area is 162 Å². The highest BCUT2D eigenvalue weighted by Gasteiger charge is 2.27. The lowest BCUT2D eigenvalue weighted by atomic mass is 10.1. The molecule has 0 fully saturated rings. The Bertz CT molecular complexity index is 921. The average Bonchev–Trinajstić information content (AvgIpc) is 2.74. The highest BCUT2D eigenvalue weighted by molar-refractivity contribution is 7.93. The molecule has 0 aromatic heterocycles. The van der Waals surface area contributed by atoms with Gasteiger partial charge in [-0.2, -0.15) is 0 Å². The van der Waals surface area contributed by atoms with E-state index in [2.05, 4.69) is 48.6 Å². The Morgan fingerprint density at radius 2 is 1.44 bits per heavy atom. The predicted octanol–water partition coefficient (Wildman–Crippen LogP) is 3.72. The van der Waals surface area contributed by atoms with Crippen LogP contribution >= 0.6 is 6.89 Å². The Morgan fingerprint density at radius 1 is 0.889 bits per heavy atom. The third-order valence-electron chi connectivity index (χ3n) is 4.86. The fraction of sp³-hybridized carbons (Fsp3) is 0.167. The zero-order valence-corrected chi connectivity index (χ0v) is 16.9. The molecule has 3 aromatic carbocycles. The predicted molar refractivity (Wildman–Crippen MR) is 120 cm³/mol. The summed E-state index contributed by atoms with van der Waals surface area (Å²) in [5, 5.41) is 6.36. The van der Waals surface area contributed by atoms with Crippen molar-refractivity contribution in [3.63, 3.8) is 0 Å². The van der Waals surface area contributed by atoms with Gasteiger partial charge in [0.2, 0.25) is 0 Å². The van der Waals surface area contributed by atoms with Gasteiger partial charge < -0.3 is 5.32 Å². The van der Waals surface area contributed by atoms with Crippen LogP contribution in [0.4, 0.5) is 0 Å². The number of carbonyl (C=O) groups is 1. The zero-order chi connectivity index (χ0) is 19.3. The number of hydrogen-bond donors (Lipinski definition) is 1. The van der Waals surface area contributed by atoms with Crippen molar-refractivity contribution in [2.75, 3.05) is 6.54 Å². The van der Waals surface area contributed by atoms with E-state index in [4.69, 9.17) is 6.30 Å². The van der Waals surface area contributed by atoms with Gasteiger partial charge in [-0.1, -0.05) is 80.0 Å². The minimum atomic E-state index is -2.19. The summed E-state index contributed by atoms with van der Waals surface area (Å²) >= 11 is 0. The lowest BCUT2D eigenvalue weighted by molar-refractivity contribution is 0.0957. The molecule has 1 N–H and O–H groups in total. The maximum atomic E-state index is 12.9. The monoisotopic (exact) mass is 375 g/mol. The van der Waals surface area contributed by atoms with Crippen LogP contribution in [0, 0.1) is 0 Å². The Hall–Kier alpha value is -2.57. The van der Waals surface area contributed by atoms with Crippen LogP contribution in [0.25, 0.3) is 0 Å². The molecule has 27 heavy (non-hydrogen) atoms. The van der Waals surface area contributed by atoms with E-state index < -0.39 is 6.89 Å². The average molecular weight is 375 g/mol. The molecule has 0 atom stereocenters. The maximum Gasteiger partial charge on any atom is 0.251 e. The molecule has 0 spiro atoms. The van der Waals surface area contributed by atoms with E-state index in [-0.39, 0.29) is 5.91 Å². The van der Waals surface area contributed by atoms with Crippen LogP contribution in [-0.2, 0) is 6.42 Å². The number of aryl methyl sites for hydroxylation is 1. The van der Waals surface area contributed by atoms with Crippen LogP contribution in [0.5, 0.6) is 0 Å². The van der Waals surface area contributed by atoms with Crippen LogP contribution in [-0.4, -0.2) is 18.8 Å². The van der Waals surface area contributed by atoms with Crippen molar-refractivity contribution in [1.29, 1.82) is 0 Å². The van der Waals surface area contributed by atoms with E-state index in [0.29, 0.717) is 6.54 Å². The summed E-state index contributed by atoms with van der Waals surface area (Å²) in [5.41, 5.74) is 1.95. The standard InChI is InChI=1S/C24H26NOP/c1-4-19-16-17-22(24(26)25-5-2)23(18-19)27(3,20-12-8-6-9-13-20)21-14-10-7-11-15-21/h6-18H,3-5H2,1-2H3,(H,25,26). The van der Waals surface area contributed by atoms with Crippen LogP contribution in [0.2, 0.25) is 0 Å². The van der Waals surface area contributed by atoms with Crippen molar-refractivity contribution >= 4 is 35.0 Å². The van der Waals surface area contributed by atoms with E-state index >= 15 is 0 Å². The molecular weight excluding hydrogens is 349 g/mol. The minimum Gasteiger partial charge on any atom is -0.352 e. The second-order valence-electron chi connectivity index (χ2n) is 6.55. The highest BCUT2D eigenvalue weighted by atomic mass is 31.2. The van der Waals surface area contributed by atoms with Crippen molar-refractivity contribution in [1.82, 2.24) is 5.32 Å². The summed E-state index contributed by atoms with van der Waals surface area (Å²) in [6, 6.07) is 27.0. The molecule has 3 rings (SSSR count). The van der Waals surface area contributed by atoms with Crippen LogP contribution < -0.4 is 21.2 Å². The van der Waals surface area contributed by atoms with Crippen molar-refractivity contribution in [3.8, 4) is 0 Å². The molecule has 138 valence electrons. The first-order valence-electron chi connectivity index (χ1n) is 9.37. The molecule has 0 aliphatic rings. The summed E-state index contributed by atoms with van der Waals surface area (Å²) in [5.74, 6) is -0.0324. The molecule has 0 heterocycles. The van der Waals surface area contributed by atoms with Gasteiger partial charge in [0.1, 0.15) is 0 Å². The Kier molecular flexibility index (Phi) is 5.98. The summed E-state index contributed by atoms with van der Waals surface area (Å²) in [7, 11) is 0. The number of amides is 1. The van der Waals surface area contributed by atoms with Gasteiger partial charge in [-0.3, -0.25) is 4.79 Å². The fourth-order valence-electron chi connectivity index (χ4n) is 3.35. The number of benzene rings is 3. The first-order chi connectivity index (χ1) is 13.1. The smallest absolute Gasteiger partial charge is 0.251 e. The lowest BCUT2D eigenvalue weighted by Crippen LogP contribution is -2.33. The van der Waals surface area contributed by atoms with E-state index in [9.17, 15) is 4.79 Å². The molecule has 0 saturated heterocycles. The molecule has 3 heteroatoms. The van der Waals surface area contributed by atoms with E-state index in [0.717, 1.165) is 17.3 Å². The molecule has 0 aliphatic carbocycles. The molecule has 2 nitrogen and oxygen atoms in total. The third kappa shape index (κ3) is 3.77. The van der Waals surface area contributed by atoms with Crippen molar-refractivity contribution in [2.45, 2.75) is 20.3 Å². The van der Waals surface area contributed by atoms with Crippen molar-refractivity contribution < 1.29 is 4.79 Å². The van der Waals surface area contributed by atoms with E-state index in [1.54, 1.807) is 0 Å². The molecular formula is C24H26NOP. The van der Waals surface area contributed by atoms with Gasteiger partial charge in [0, 0.05) is 12.1 Å². The highest BCUT2D eigenvalue weighted by Crippen LogP contribution is 2.43. The zero-order valence-electron chi connectivity index (χ0n) is 16.0. The summed E-state index contributed by atoms with van der Waals surface area (Å²) < 4.78 is 0. The number of hydrogen-bond acceptors (Lipinski definition) is 1. The molecule has 3 aromatic rings. The topological polar surface area (TPSA) is 29.1 Å². The largest absolute Gasteiger partial charge is 0.352 e. The van der Waals surface area contributed by atoms with E-state index in [1.807, 2.05) is 49.4 Å². The number of nitrogens with one attached hydrogen (secondary N) is 1. The summed E-state index contributed by atoms with van der Waals surface area (Å²) in [6.07, 6.45) is 5.71. The van der Waals surface area contributed by atoms with Crippen LogP contribution in [0.3, 0.4) is 0 Å². The summed E-state index contributed by atoms with van der Waals surface area (Å²) in [4.78, 5) is 12.9. The molecule has 0 saturated carbocycles. The van der Waals surface area contributed by atoms with Gasteiger partial charge >= 0.3 is 0 Å². The molecule has 0 bridgehead atoms. The second-order valence-corrected chi connectivity index (χ2v) is 9.68. The van der Waals surface area contributed by atoms with Crippen molar-refractivity contribution in [3.05, 3.63) is 90.0 Å². The fourth-order valence-corrected chi connectivity index (χ4v) is 6.54. The first-order valence-corrected chi connectivity index (χ1v) is 11.3. The quantitative estimate of drug-likeness (QED) is 0.654. The van der Waals surface area contributed by atoms with Crippen molar-refractivity contribution in [2.24, 2.45) is 0 Å². The molecule has 0 aliphatic heterocycles. The number of rotatable bonds is 6. The first kappa shape index (κ1) is 19.2. The van der Waals surface area contributed by atoms with Crippen LogP contribution in [0.15, 0.2) is 78.9 Å². The molecule has 1 amide bonds. The van der Waals surface area contributed by atoms with Gasteiger partial charge in [0.15, 0.2) is 0 Å². The van der Waals surface area contributed by atoms with E-state index in [1.165, 1.54) is 16.2 Å². The van der Waals surface area contributed by atoms with Gasteiger partial charge in [0.25, 0.3) is 5.91 Å². The SMILES string of the molecule is C=P(c1ccccc1)(c1ccccc1)c1cc(CC)ccc1C(=O)NCC. The molecule has 0 radical (unpaired) electrons.